The number of hydrogen-bond acceptors (Lipinski definition) is 6. The molecule has 0 bridgehead atoms. The number of hydrogen-bond donors (Lipinski definition) is 0. The number of piperidine rings is 1. The van der Waals surface area contributed by atoms with Crippen molar-refractivity contribution in [2.24, 2.45) is 11.3 Å². The van der Waals surface area contributed by atoms with Crippen LogP contribution < -0.4 is 4.74 Å². The highest BCUT2D eigenvalue weighted by Gasteiger charge is 2.63. The van der Waals surface area contributed by atoms with Crippen LogP contribution in [0.15, 0.2) is 24.3 Å². The number of benzene rings is 1. The van der Waals surface area contributed by atoms with E-state index in [0.29, 0.717) is 6.61 Å². The van der Waals surface area contributed by atoms with Crippen LogP contribution in [0.3, 0.4) is 0 Å². The van der Waals surface area contributed by atoms with Crippen LogP contribution in [0.25, 0.3) is 0 Å². The van der Waals surface area contributed by atoms with Gasteiger partial charge in [0.25, 0.3) is 0 Å². The SMILES string of the molecule is CCC1(C)CC2(OCC(C)(C)CO2)C(C)C(C)(CC)N1OC(C)c1ccc(OCC2CO2)cc1. The van der Waals surface area contributed by atoms with Gasteiger partial charge in [-0.15, -0.1) is 0 Å². The van der Waals surface area contributed by atoms with Crippen molar-refractivity contribution in [3.05, 3.63) is 29.8 Å². The third-order valence-corrected chi connectivity index (χ3v) is 8.52. The van der Waals surface area contributed by atoms with Crippen LogP contribution in [0.5, 0.6) is 5.75 Å². The van der Waals surface area contributed by atoms with Gasteiger partial charge in [-0.05, 0) is 51.3 Å². The Morgan fingerprint density at radius 3 is 2.18 bits per heavy atom. The number of epoxide rings is 1. The number of hydroxylamine groups is 2. The molecule has 3 fully saturated rings. The molecule has 0 amide bonds. The fraction of sp³-hybridized carbons (Fsp3) is 0.786. The summed E-state index contributed by atoms with van der Waals surface area (Å²) in [6.07, 6.45) is 2.82. The molecule has 34 heavy (non-hydrogen) atoms. The van der Waals surface area contributed by atoms with Gasteiger partial charge >= 0.3 is 0 Å². The Kier molecular flexibility index (Phi) is 7.13. The lowest BCUT2D eigenvalue weighted by molar-refractivity contribution is -0.415. The molecule has 1 spiro atoms. The summed E-state index contributed by atoms with van der Waals surface area (Å²) in [5.41, 5.74) is 0.707. The Morgan fingerprint density at radius 2 is 1.65 bits per heavy atom. The van der Waals surface area contributed by atoms with Crippen LogP contribution in [-0.2, 0) is 19.0 Å². The van der Waals surface area contributed by atoms with Gasteiger partial charge in [0, 0.05) is 23.3 Å². The van der Waals surface area contributed by atoms with Crippen molar-refractivity contribution in [2.45, 2.75) is 104 Å². The van der Waals surface area contributed by atoms with Crippen LogP contribution in [0.2, 0.25) is 0 Å². The lowest BCUT2D eigenvalue weighted by Crippen LogP contribution is -2.73. The average Bonchev–Trinajstić information content (AvgIpc) is 3.66. The first-order valence-electron chi connectivity index (χ1n) is 13.1. The largest absolute Gasteiger partial charge is 0.491 e. The van der Waals surface area contributed by atoms with Crippen molar-refractivity contribution >= 4 is 0 Å². The van der Waals surface area contributed by atoms with Crippen molar-refractivity contribution in [1.29, 1.82) is 0 Å². The van der Waals surface area contributed by atoms with Gasteiger partial charge < -0.3 is 18.9 Å². The van der Waals surface area contributed by atoms with Gasteiger partial charge in [0.2, 0.25) is 0 Å². The highest BCUT2D eigenvalue weighted by atomic mass is 16.7. The van der Waals surface area contributed by atoms with E-state index in [4.69, 9.17) is 23.8 Å². The standard InChI is InChI=1S/C28H45NO5/c1-9-26(7)17-28(32-18-25(5,6)19-33-28)21(4)27(8,10-2)29(26)34-20(3)22-11-13-23(14-12-22)30-15-24-16-31-24/h11-14,20-21,24H,9-10,15-19H2,1-8H3. The first kappa shape index (κ1) is 25.9. The first-order valence-corrected chi connectivity index (χ1v) is 13.1. The second kappa shape index (κ2) is 9.36. The number of ether oxygens (including phenoxy) is 4. The Labute approximate surface area is 206 Å². The van der Waals surface area contributed by atoms with Crippen molar-refractivity contribution in [3.63, 3.8) is 0 Å². The van der Waals surface area contributed by atoms with Crippen molar-refractivity contribution in [1.82, 2.24) is 5.06 Å². The summed E-state index contributed by atoms with van der Waals surface area (Å²) in [5, 5.41) is 2.29. The third kappa shape index (κ3) is 4.90. The lowest BCUT2D eigenvalue weighted by Gasteiger charge is -2.64. The van der Waals surface area contributed by atoms with Crippen LogP contribution in [0, 0.1) is 11.3 Å². The molecule has 3 heterocycles. The molecule has 192 valence electrons. The van der Waals surface area contributed by atoms with E-state index in [2.05, 4.69) is 72.6 Å². The lowest BCUT2D eigenvalue weighted by atomic mass is 9.67. The van der Waals surface area contributed by atoms with E-state index >= 15 is 0 Å². The summed E-state index contributed by atoms with van der Waals surface area (Å²) < 4.78 is 24.2. The molecule has 4 rings (SSSR count). The summed E-state index contributed by atoms with van der Waals surface area (Å²) in [4.78, 5) is 6.85. The van der Waals surface area contributed by atoms with E-state index in [0.717, 1.165) is 50.4 Å². The van der Waals surface area contributed by atoms with E-state index in [1.807, 2.05) is 12.1 Å². The molecule has 0 N–H and O–H groups in total. The minimum absolute atomic E-state index is 0.0416. The van der Waals surface area contributed by atoms with Crippen molar-refractivity contribution in [2.75, 3.05) is 26.4 Å². The second-order valence-electron chi connectivity index (χ2n) is 11.9. The fourth-order valence-corrected chi connectivity index (χ4v) is 5.47. The molecule has 0 aromatic heterocycles. The van der Waals surface area contributed by atoms with Gasteiger partial charge in [-0.25, -0.2) is 0 Å². The highest BCUT2D eigenvalue weighted by molar-refractivity contribution is 5.28. The smallest absolute Gasteiger partial charge is 0.174 e. The zero-order valence-electron chi connectivity index (χ0n) is 22.5. The molecule has 0 aliphatic carbocycles. The molecule has 3 saturated heterocycles. The minimum Gasteiger partial charge on any atom is -0.491 e. The van der Waals surface area contributed by atoms with E-state index in [9.17, 15) is 0 Å². The second-order valence-corrected chi connectivity index (χ2v) is 11.9. The maximum absolute atomic E-state index is 6.85. The number of rotatable bonds is 8. The molecule has 1 aromatic rings. The van der Waals surface area contributed by atoms with Crippen molar-refractivity contribution in [3.8, 4) is 5.75 Å². The summed E-state index contributed by atoms with van der Waals surface area (Å²) in [7, 11) is 0. The van der Waals surface area contributed by atoms with Crippen LogP contribution >= 0.6 is 0 Å². The monoisotopic (exact) mass is 475 g/mol. The maximum Gasteiger partial charge on any atom is 0.174 e. The molecule has 3 aliphatic rings. The third-order valence-electron chi connectivity index (χ3n) is 8.52. The molecule has 6 nitrogen and oxygen atoms in total. The zero-order valence-corrected chi connectivity index (χ0v) is 22.5. The molecule has 5 unspecified atom stereocenters. The van der Waals surface area contributed by atoms with Gasteiger partial charge in [0.1, 0.15) is 24.6 Å². The minimum atomic E-state index is -0.585. The molecule has 0 saturated carbocycles. The maximum atomic E-state index is 6.85. The Hall–Kier alpha value is -1.18. The summed E-state index contributed by atoms with van der Waals surface area (Å²) in [5.74, 6) is 0.429. The van der Waals surface area contributed by atoms with Crippen LogP contribution in [-0.4, -0.2) is 54.5 Å². The fourth-order valence-electron chi connectivity index (χ4n) is 5.47. The molecular weight excluding hydrogens is 430 g/mol. The molecule has 1 aromatic carbocycles. The highest BCUT2D eigenvalue weighted by Crippen LogP contribution is 2.54. The normalized spacial score (nSPS) is 35.8. The van der Waals surface area contributed by atoms with Crippen LogP contribution in [0.4, 0.5) is 0 Å². The average molecular weight is 476 g/mol. The topological polar surface area (TPSA) is 52.7 Å². The van der Waals surface area contributed by atoms with Gasteiger partial charge in [-0.1, -0.05) is 46.8 Å². The van der Waals surface area contributed by atoms with E-state index in [1.54, 1.807) is 0 Å². The van der Waals surface area contributed by atoms with E-state index < -0.39 is 5.79 Å². The van der Waals surface area contributed by atoms with Gasteiger partial charge in [-0.2, -0.15) is 5.06 Å². The molecule has 0 radical (unpaired) electrons. The predicted octanol–water partition coefficient (Wildman–Crippen LogP) is 5.91. The predicted molar refractivity (Wildman–Crippen MR) is 133 cm³/mol. The molecule has 3 aliphatic heterocycles. The van der Waals surface area contributed by atoms with E-state index in [-0.39, 0.29) is 34.6 Å². The number of nitrogens with zero attached hydrogens (tertiary/aromatic N) is 1. The molecular formula is C28H45NO5. The Bertz CT molecular complexity index is 828. The van der Waals surface area contributed by atoms with Gasteiger partial charge in [-0.3, -0.25) is 4.84 Å². The van der Waals surface area contributed by atoms with Gasteiger partial charge in [0.05, 0.1) is 25.4 Å². The van der Waals surface area contributed by atoms with Crippen molar-refractivity contribution < 1.29 is 23.8 Å². The quantitative estimate of drug-likeness (QED) is 0.436. The molecule has 5 atom stereocenters. The van der Waals surface area contributed by atoms with Crippen LogP contribution in [0.1, 0.15) is 86.3 Å². The van der Waals surface area contributed by atoms with E-state index in [1.165, 1.54) is 0 Å². The first-order chi connectivity index (χ1) is 16.0. The Morgan fingerprint density at radius 1 is 1.03 bits per heavy atom. The zero-order chi connectivity index (χ0) is 24.8. The molecule has 6 heteroatoms. The van der Waals surface area contributed by atoms with Gasteiger partial charge in [0.15, 0.2) is 5.79 Å². The Balaban J connectivity index is 1.54. The summed E-state index contributed by atoms with van der Waals surface area (Å²) in [6, 6.07) is 8.25. The summed E-state index contributed by atoms with van der Waals surface area (Å²) >= 11 is 0. The summed E-state index contributed by atoms with van der Waals surface area (Å²) in [6.45, 7) is 20.8.